The van der Waals surface area contributed by atoms with E-state index in [4.69, 9.17) is 5.11 Å². The van der Waals surface area contributed by atoms with Gasteiger partial charge in [0.05, 0.1) is 10.7 Å². The van der Waals surface area contributed by atoms with Crippen molar-refractivity contribution in [3.8, 4) is 0 Å². The Kier molecular flexibility index (Phi) is 5.09. The van der Waals surface area contributed by atoms with Crippen LogP contribution in [0.3, 0.4) is 0 Å². The lowest BCUT2D eigenvalue weighted by Gasteiger charge is -2.08. The van der Waals surface area contributed by atoms with Crippen LogP contribution in [0.4, 0.5) is 0 Å². The van der Waals surface area contributed by atoms with Crippen LogP contribution >= 0.6 is 11.3 Å². The molecule has 0 saturated carbocycles. The van der Waals surface area contributed by atoms with Crippen LogP contribution in [0.1, 0.15) is 30.5 Å². The number of aromatic nitrogens is 1. The normalized spacial score (nSPS) is 12.1. The Morgan fingerprint density at radius 3 is 2.82 bits per heavy atom. The molecule has 1 aromatic heterocycles. The number of nitrogens with one attached hydrogen (secondary N) is 1. The van der Waals surface area contributed by atoms with E-state index in [0.717, 1.165) is 17.1 Å². The molecule has 2 N–H and O–H groups in total. The highest BCUT2D eigenvalue weighted by molar-refractivity contribution is 7.09. The average molecular weight is 256 g/mol. The largest absolute Gasteiger partial charge is 0.480 e. The maximum atomic E-state index is 11.4. The Balaban J connectivity index is 2.22. The maximum absolute atomic E-state index is 11.4. The predicted molar refractivity (Wildman–Crippen MR) is 65.0 cm³/mol. The molecule has 17 heavy (non-hydrogen) atoms. The summed E-state index contributed by atoms with van der Waals surface area (Å²) in [5, 5.41) is 14.0. The van der Waals surface area contributed by atoms with E-state index in [1.807, 2.05) is 12.3 Å². The number of rotatable bonds is 6. The third kappa shape index (κ3) is 4.95. The average Bonchev–Trinajstić information content (AvgIpc) is 2.64. The second-order valence-corrected chi connectivity index (χ2v) is 4.90. The van der Waals surface area contributed by atoms with E-state index in [-0.39, 0.29) is 5.91 Å². The van der Waals surface area contributed by atoms with Crippen molar-refractivity contribution < 1.29 is 14.7 Å². The smallest absolute Gasteiger partial charge is 0.325 e. The number of hydrogen-bond acceptors (Lipinski definition) is 4. The highest BCUT2D eigenvalue weighted by Crippen LogP contribution is 2.10. The zero-order valence-electron chi connectivity index (χ0n) is 9.90. The second kappa shape index (κ2) is 6.34. The van der Waals surface area contributed by atoms with Crippen molar-refractivity contribution in [1.82, 2.24) is 10.3 Å². The standard InChI is InChI=1S/C11H16N2O3S/c1-7(11(15)16)12-10(14)5-3-4-9-6-17-8(2)13-9/h6-7H,3-5H2,1-2H3,(H,12,14)(H,15,16). The zero-order chi connectivity index (χ0) is 12.8. The third-order valence-electron chi connectivity index (χ3n) is 2.25. The number of carbonyl (C=O) groups is 2. The SMILES string of the molecule is Cc1nc(CCCC(=O)NC(C)C(=O)O)cs1. The highest BCUT2D eigenvalue weighted by atomic mass is 32.1. The first-order chi connectivity index (χ1) is 7.99. The molecule has 0 aliphatic rings. The molecule has 0 bridgehead atoms. The summed E-state index contributed by atoms with van der Waals surface area (Å²) in [6, 6.07) is -0.830. The predicted octanol–water partition coefficient (Wildman–Crippen LogP) is 1.36. The molecule has 0 radical (unpaired) electrons. The summed E-state index contributed by atoms with van der Waals surface area (Å²) < 4.78 is 0. The Hall–Kier alpha value is -1.43. The van der Waals surface area contributed by atoms with Gasteiger partial charge < -0.3 is 10.4 Å². The molecule has 0 aliphatic heterocycles. The number of aliphatic carboxylic acids is 1. The minimum Gasteiger partial charge on any atom is -0.480 e. The topological polar surface area (TPSA) is 79.3 Å². The van der Waals surface area contributed by atoms with E-state index >= 15 is 0 Å². The fourth-order valence-electron chi connectivity index (χ4n) is 1.33. The van der Waals surface area contributed by atoms with Crippen molar-refractivity contribution in [1.29, 1.82) is 0 Å². The van der Waals surface area contributed by atoms with Gasteiger partial charge in [-0.1, -0.05) is 0 Å². The van der Waals surface area contributed by atoms with Crippen LogP contribution in [-0.2, 0) is 16.0 Å². The van der Waals surface area contributed by atoms with Gasteiger partial charge in [0.1, 0.15) is 6.04 Å². The first kappa shape index (κ1) is 13.6. The number of thiazole rings is 1. The highest BCUT2D eigenvalue weighted by Gasteiger charge is 2.13. The van der Waals surface area contributed by atoms with Gasteiger partial charge in [0, 0.05) is 11.8 Å². The van der Waals surface area contributed by atoms with Gasteiger partial charge in [-0.25, -0.2) is 4.98 Å². The van der Waals surface area contributed by atoms with Gasteiger partial charge in [-0.3, -0.25) is 9.59 Å². The molecule has 5 nitrogen and oxygen atoms in total. The molecular weight excluding hydrogens is 240 g/mol. The van der Waals surface area contributed by atoms with E-state index in [2.05, 4.69) is 10.3 Å². The molecule has 1 unspecified atom stereocenters. The van der Waals surface area contributed by atoms with Gasteiger partial charge in [0.2, 0.25) is 5.91 Å². The van der Waals surface area contributed by atoms with Crippen LogP contribution in [0.25, 0.3) is 0 Å². The fraction of sp³-hybridized carbons (Fsp3) is 0.545. The molecule has 1 atom stereocenters. The number of amides is 1. The monoisotopic (exact) mass is 256 g/mol. The molecular formula is C11H16N2O3S. The Morgan fingerprint density at radius 1 is 1.59 bits per heavy atom. The Morgan fingerprint density at radius 2 is 2.29 bits per heavy atom. The molecule has 1 aromatic rings. The van der Waals surface area contributed by atoms with Crippen LogP contribution in [0.5, 0.6) is 0 Å². The van der Waals surface area contributed by atoms with Crippen LogP contribution in [0.2, 0.25) is 0 Å². The number of hydrogen-bond donors (Lipinski definition) is 2. The maximum Gasteiger partial charge on any atom is 0.325 e. The first-order valence-corrected chi connectivity index (χ1v) is 6.30. The summed E-state index contributed by atoms with van der Waals surface area (Å²) in [6.45, 7) is 3.39. The molecule has 94 valence electrons. The Bertz CT molecular complexity index is 403. The first-order valence-electron chi connectivity index (χ1n) is 5.42. The summed E-state index contributed by atoms with van der Waals surface area (Å²) in [6.07, 6.45) is 1.76. The van der Waals surface area contributed by atoms with E-state index < -0.39 is 12.0 Å². The van der Waals surface area contributed by atoms with E-state index in [9.17, 15) is 9.59 Å². The third-order valence-corrected chi connectivity index (χ3v) is 3.07. The van der Waals surface area contributed by atoms with Gasteiger partial charge >= 0.3 is 5.97 Å². The summed E-state index contributed by atoms with van der Waals surface area (Å²) in [5.41, 5.74) is 0.992. The molecule has 0 fully saturated rings. The van der Waals surface area contributed by atoms with Crippen molar-refractivity contribution in [3.63, 3.8) is 0 Å². The second-order valence-electron chi connectivity index (χ2n) is 3.84. The van der Waals surface area contributed by atoms with Gasteiger partial charge in [-0.15, -0.1) is 11.3 Å². The number of nitrogens with zero attached hydrogens (tertiary/aromatic N) is 1. The summed E-state index contributed by atoms with van der Waals surface area (Å²) in [4.78, 5) is 26.2. The van der Waals surface area contributed by atoms with Crippen LogP contribution in [0, 0.1) is 6.92 Å². The number of carboxylic acid groups (broad SMARTS) is 1. The molecule has 0 saturated heterocycles. The lowest BCUT2D eigenvalue weighted by atomic mass is 10.2. The molecule has 1 heterocycles. The molecule has 1 rings (SSSR count). The Labute approximate surface area is 104 Å². The fourth-order valence-corrected chi connectivity index (χ4v) is 1.98. The van der Waals surface area contributed by atoms with Crippen LogP contribution in [-0.4, -0.2) is 28.0 Å². The van der Waals surface area contributed by atoms with Gasteiger partial charge in [-0.2, -0.15) is 0 Å². The lowest BCUT2D eigenvalue weighted by Crippen LogP contribution is -2.38. The van der Waals surface area contributed by atoms with E-state index in [1.54, 1.807) is 11.3 Å². The van der Waals surface area contributed by atoms with Crippen molar-refractivity contribution in [2.75, 3.05) is 0 Å². The van der Waals surface area contributed by atoms with Crippen molar-refractivity contribution in [2.24, 2.45) is 0 Å². The van der Waals surface area contributed by atoms with Crippen molar-refractivity contribution in [3.05, 3.63) is 16.1 Å². The minimum absolute atomic E-state index is 0.230. The quantitative estimate of drug-likeness (QED) is 0.805. The molecule has 1 amide bonds. The van der Waals surface area contributed by atoms with Crippen molar-refractivity contribution in [2.45, 2.75) is 39.2 Å². The van der Waals surface area contributed by atoms with E-state index in [1.165, 1.54) is 6.92 Å². The number of aryl methyl sites for hydroxylation is 2. The number of carboxylic acids is 1. The minimum atomic E-state index is -1.02. The summed E-state index contributed by atoms with van der Waals surface area (Å²) in [5.74, 6) is -1.25. The van der Waals surface area contributed by atoms with Gasteiger partial charge in [0.25, 0.3) is 0 Å². The molecule has 0 spiro atoms. The zero-order valence-corrected chi connectivity index (χ0v) is 10.7. The van der Waals surface area contributed by atoms with Gasteiger partial charge in [0.15, 0.2) is 0 Å². The molecule has 0 aromatic carbocycles. The van der Waals surface area contributed by atoms with Crippen LogP contribution < -0.4 is 5.32 Å². The number of carbonyl (C=O) groups excluding carboxylic acids is 1. The molecule has 6 heteroatoms. The summed E-state index contributed by atoms with van der Waals surface area (Å²) >= 11 is 1.59. The van der Waals surface area contributed by atoms with E-state index in [0.29, 0.717) is 12.8 Å². The van der Waals surface area contributed by atoms with Crippen LogP contribution in [0.15, 0.2) is 5.38 Å². The van der Waals surface area contributed by atoms with Crippen molar-refractivity contribution >= 4 is 23.2 Å². The summed E-state index contributed by atoms with van der Waals surface area (Å²) in [7, 11) is 0. The lowest BCUT2D eigenvalue weighted by molar-refractivity contribution is -0.141. The molecule has 0 aliphatic carbocycles. The van der Waals surface area contributed by atoms with Gasteiger partial charge in [-0.05, 0) is 26.7 Å².